The predicted molar refractivity (Wildman–Crippen MR) is 135 cm³/mol. The Hall–Kier alpha value is -3.07. The highest BCUT2D eigenvalue weighted by Crippen LogP contribution is 2.32. The van der Waals surface area contributed by atoms with E-state index < -0.39 is 10.0 Å². The number of para-hydroxylation sites is 2. The summed E-state index contributed by atoms with van der Waals surface area (Å²) in [5.41, 5.74) is 1.89. The number of ether oxygens (including phenoxy) is 1. The van der Waals surface area contributed by atoms with Gasteiger partial charge in [-0.2, -0.15) is 0 Å². The third-order valence-corrected chi connectivity index (χ3v) is 7.86. The smallest absolute Gasteiger partial charge is 0.262 e. The van der Waals surface area contributed by atoms with Gasteiger partial charge in [0.1, 0.15) is 5.75 Å². The first kappa shape index (κ1) is 25.0. The first-order valence-corrected chi connectivity index (χ1v) is 13.8. The molecule has 0 saturated carbocycles. The molecular formula is C26H33N3O5S. The normalized spacial score (nSPS) is 15.9. The van der Waals surface area contributed by atoms with Crippen molar-refractivity contribution < 1.29 is 22.7 Å². The number of hydrogen-bond donors (Lipinski definition) is 1. The van der Waals surface area contributed by atoms with Crippen molar-refractivity contribution in [3.05, 3.63) is 48.0 Å². The minimum atomic E-state index is -3.83. The fourth-order valence-electron chi connectivity index (χ4n) is 4.67. The van der Waals surface area contributed by atoms with Crippen LogP contribution in [0.25, 0.3) is 0 Å². The van der Waals surface area contributed by atoms with E-state index in [2.05, 4.69) is 4.72 Å². The molecule has 2 amide bonds. The third-order valence-electron chi connectivity index (χ3n) is 6.50. The Morgan fingerprint density at radius 3 is 2.40 bits per heavy atom. The molecule has 1 N–H and O–H groups in total. The van der Waals surface area contributed by atoms with Crippen molar-refractivity contribution >= 4 is 33.2 Å². The van der Waals surface area contributed by atoms with E-state index in [1.165, 1.54) is 6.07 Å². The number of likely N-dealkylation sites (tertiary alicyclic amines) is 1. The lowest BCUT2D eigenvalue weighted by atomic mass is 10.2. The van der Waals surface area contributed by atoms with Crippen LogP contribution in [0.15, 0.2) is 47.4 Å². The minimum Gasteiger partial charge on any atom is -0.492 e. The summed E-state index contributed by atoms with van der Waals surface area (Å²) in [6, 6.07) is 11.7. The van der Waals surface area contributed by atoms with Crippen molar-refractivity contribution in [1.82, 2.24) is 4.90 Å². The zero-order valence-corrected chi connectivity index (χ0v) is 21.0. The van der Waals surface area contributed by atoms with Gasteiger partial charge < -0.3 is 14.5 Å². The first-order valence-electron chi connectivity index (χ1n) is 12.3. The Morgan fingerprint density at radius 2 is 1.66 bits per heavy atom. The summed E-state index contributed by atoms with van der Waals surface area (Å²) >= 11 is 0. The van der Waals surface area contributed by atoms with Gasteiger partial charge in [0.05, 0.1) is 17.2 Å². The molecule has 0 unspecified atom stereocenters. The third kappa shape index (κ3) is 5.96. The van der Waals surface area contributed by atoms with E-state index >= 15 is 0 Å². The molecular weight excluding hydrogens is 466 g/mol. The molecule has 9 heteroatoms. The van der Waals surface area contributed by atoms with Crippen LogP contribution in [0, 0.1) is 0 Å². The van der Waals surface area contributed by atoms with Gasteiger partial charge in [0.2, 0.25) is 11.8 Å². The van der Waals surface area contributed by atoms with Gasteiger partial charge in [-0.1, -0.05) is 25.0 Å². The molecule has 2 aromatic rings. The highest BCUT2D eigenvalue weighted by Gasteiger charge is 2.28. The van der Waals surface area contributed by atoms with Crippen LogP contribution in [0.1, 0.15) is 51.0 Å². The number of benzene rings is 2. The molecule has 0 spiro atoms. The van der Waals surface area contributed by atoms with Crippen LogP contribution in [-0.2, 0) is 26.0 Å². The number of rotatable bonds is 8. The minimum absolute atomic E-state index is 0.0412. The van der Waals surface area contributed by atoms with E-state index in [1.807, 2.05) is 11.8 Å². The highest BCUT2D eigenvalue weighted by molar-refractivity contribution is 7.92. The molecule has 188 valence electrons. The molecule has 35 heavy (non-hydrogen) atoms. The van der Waals surface area contributed by atoms with E-state index in [4.69, 9.17) is 4.74 Å². The molecule has 0 atom stereocenters. The van der Waals surface area contributed by atoms with Crippen LogP contribution < -0.4 is 14.4 Å². The maximum Gasteiger partial charge on any atom is 0.262 e. The molecule has 4 rings (SSSR count). The summed E-state index contributed by atoms with van der Waals surface area (Å²) in [6.45, 7) is 4.30. The average Bonchev–Trinajstić information content (AvgIpc) is 3.08. The van der Waals surface area contributed by atoms with Crippen molar-refractivity contribution in [2.24, 2.45) is 0 Å². The predicted octanol–water partition coefficient (Wildman–Crippen LogP) is 3.96. The van der Waals surface area contributed by atoms with E-state index in [9.17, 15) is 18.0 Å². The van der Waals surface area contributed by atoms with E-state index in [1.54, 1.807) is 41.3 Å². The van der Waals surface area contributed by atoms with Gasteiger partial charge in [0.25, 0.3) is 10.0 Å². The molecule has 2 aliphatic rings. The van der Waals surface area contributed by atoms with Crippen molar-refractivity contribution in [3.8, 4) is 5.75 Å². The number of anilines is 2. The Kier molecular flexibility index (Phi) is 7.95. The van der Waals surface area contributed by atoms with Crippen LogP contribution in [0.3, 0.4) is 0 Å². The number of amides is 2. The second kappa shape index (κ2) is 11.1. The second-order valence-corrected chi connectivity index (χ2v) is 10.6. The molecule has 2 aromatic carbocycles. The molecule has 0 aromatic heterocycles. The lowest BCUT2D eigenvalue weighted by Gasteiger charge is -2.21. The van der Waals surface area contributed by atoms with Crippen molar-refractivity contribution in [1.29, 1.82) is 0 Å². The number of nitrogens with one attached hydrogen (secondary N) is 1. The van der Waals surface area contributed by atoms with Crippen LogP contribution in [-0.4, -0.2) is 51.4 Å². The molecule has 0 radical (unpaired) electrons. The molecule has 0 aliphatic carbocycles. The van der Waals surface area contributed by atoms with Crippen LogP contribution in [0.5, 0.6) is 5.75 Å². The summed E-state index contributed by atoms with van der Waals surface area (Å²) < 4.78 is 34.2. The molecule has 1 saturated heterocycles. The fourth-order valence-corrected chi connectivity index (χ4v) is 5.79. The number of sulfonamides is 1. The number of nitrogens with zero attached hydrogens (tertiary/aromatic N) is 2. The summed E-state index contributed by atoms with van der Waals surface area (Å²) in [5.74, 6) is 0.400. The van der Waals surface area contributed by atoms with Gasteiger partial charge in [-0.05, 0) is 62.1 Å². The second-order valence-electron chi connectivity index (χ2n) is 8.92. The van der Waals surface area contributed by atoms with Crippen molar-refractivity contribution in [2.45, 2.75) is 56.8 Å². The lowest BCUT2D eigenvalue weighted by Crippen LogP contribution is -2.34. The lowest BCUT2D eigenvalue weighted by molar-refractivity contribution is -0.133. The standard InChI is InChI=1S/C26H33N3O5S/c1-2-34-24-10-6-5-9-22(24)27-35(32,33)21-11-12-23-20(19-21)15-18-29(23)26(31)14-13-25(30)28-16-7-3-4-8-17-28/h5-6,9-12,19,27H,2-4,7-8,13-18H2,1H3. The molecule has 2 heterocycles. The van der Waals surface area contributed by atoms with Crippen LogP contribution in [0.4, 0.5) is 11.4 Å². The maximum atomic E-state index is 13.0. The van der Waals surface area contributed by atoms with Crippen molar-refractivity contribution in [2.75, 3.05) is 35.9 Å². The van der Waals surface area contributed by atoms with Gasteiger partial charge in [-0.25, -0.2) is 8.42 Å². The molecule has 1 fully saturated rings. The molecule has 8 nitrogen and oxygen atoms in total. The van der Waals surface area contributed by atoms with Crippen molar-refractivity contribution in [3.63, 3.8) is 0 Å². The van der Waals surface area contributed by atoms with Gasteiger partial charge in [-0.15, -0.1) is 0 Å². The zero-order valence-electron chi connectivity index (χ0n) is 20.2. The summed E-state index contributed by atoms with van der Waals surface area (Å²) in [5, 5.41) is 0. The Labute approximate surface area is 207 Å². The summed E-state index contributed by atoms with van der Waals surface area (Å²) in [6.07, 6.45) is 5.29. The van der Waals surface area contributed by atoms with E-state index in [0.29, 0.717) is 36.7 Å². The monoisotopic (exact) mass is 499 g/mol. The quantitative estimate of drug-likeness (QED) is 0.593. The van der Waals surface area contributed by atoms with Crippen LogP contribution in [0.2, 0.25) is 0 Å². The Balaban J connectivity index is 1.41. The highest BCUT2D eigenvalue weighted by atomic mass is 32.2. The SMILES string of the molecule is CCOc1ccccc1NS(=O)(=O)c1ccc2c(c1)CCN2C(=O)CCC(=O)N1CCCCCC1. The number of carbonyl (C=O) groups excluding carboxylic acids is 2. The van der Waals surface area contributed by atoms with Gasteiger partial charge in [0, 0.05) is 38.2 Å². The molecule has 0 bridgehead atoms. The first-order chi connectivity index (χ1) is 16.9. The zero-order chi connectivity index (χ0) is 24.8. The van der Waals surface area contributed by atoms with Crippen LogP contribution >= 0.6 is 0 Å². The van der Waals surface area contributed by atoms with E-state index in [-0.39, 0.29) is 29.6 Å². The summed E-state index contributed by atoms with van der Waals surface area (Å²) in [7, 11) is -3.83. The molecule has 2 aliphatic heterocycles. The van der Waals surface area contributed by atoms with Gasteiger partial charge in [0.15, 0.2) is 0 Å². The fraction of sp³-hybridized carbons (Fsp3) is 0.462. The number of hydrogen-bond acceptors (Lipinski definition) is 5. The maximum absolute atomic E-state index is 13.0. The average molecular weight is 500 g/mol. The number of fused-ring (bicyclic) bond motifs is 1. The topological polar surface area (TPSA) is 96.0 Å². The Bertz CT molecular complexity index is 1170. The summed E-state index contributed by atoms with van der Waals surface area (Å²) in [4.78, 5) is 29.1. The van der Waals surface area contributed by atoms with Gasteiger partial charge >= 0.3 is 0 Å². The van der Waals surface area contributed by atoms with E-state index in [0.717, 1.165) is 44.3 Å². The Morgan fingerprint density at radius 1 is 0.943 bits per heavy atom. The van der Waals surface area contributed by atoms with Gasteiger partial charge in [-0.3, -0.25) is 14.3 Å². The number of carbonyl (C=O) groups is 2. The largest absolute Gasteiger partial charge is 0.492 e.